The first-order valence-corrected chi connectivity index (χ1v) is 9.06. The molecule has 1 atom stereocenters. The summed E-state index contributed by atoms with van der Waals surface area (Å²) in [5.74, 6) is -1.28. The first-order chi connectivity index (χ1) is 13.8. The molecule has 0 saturated carbocycles. The van der Waals surface area contributed by atoms with Gasteiger partial charge in [0.25, 0.3) is 5.91 Å². The molecule has 0 bridgehead atoms. The molecule has 154 valence electrons. The molecule has 0 radical (unpaired) electrons. The van der Waals surface area contributed by atoms with Gasteiger partial charge in [-0.3, -0.25) is 9.59 Å². The van der Waals surface area contributed by atoms with Crippen LogP contribution in [0.5, 0.6) is 11.5 Å². The van der Waals surface area contributed by atoms with Crippen LogP contribution >= 0.6 is 11.6 Å². The number of benzene rings is 2. The van der Waals surface area contributed by atoms with Crippen LogP contribution in [0.3, 0.4) is 0 Å². The number of nitrogens with two attached hydrogens (primary N) is 1. The van der Waals surface area contributed by atoms with E-state index in [-0.39, 0.29) is 16.3 Å². The topological polar surface area (TPSA) is 117 Å². The van der Waals surface area contributed by atoms with Crippen molar-refractivity contribution in [2.45, 2.75) is 20.0 Å². The van der Waals surface area contributed by atoms with Crippen LogP contribution in [0.4, 0.5) is 5.69 Å². The first-order valence-electron chi connectivity index (χ1n) is 8.68. The third-order valence-electron chi connectivity index (χ3n) is 3.84. The average molecular weight is 421 g/mol. The average Bonchev–Trinajstić information content (AvgIpc) is 2.69. The third kappa shape index (κ3) is 5.61. The normalized spacial score (nSPS) is 11.3. The second kappa shape index (κ2) is 9.79. The molecule has 2 amide bonds. The summed E-state index contributed by atoms with van der Waals surface area (Å²) in [6.45, 7) is 3.59. The molecule has 8 nitrogen and oxygen atoms in total. The van der Waals surface area contributed by atoms with Crippen molar-refractivity contribution in [1.29, 1.82) is 0 Å². The lowest BCUT2D eigenvalue weighted by Crippen LogP contribution is -2.30. The molecule has 0 unspecified atom stereocenters. The number of esters is 1. The van der Waals surface area contributed by atoms with E-state index in [1.54, 1.807) is 6.92 Å². The Labute approximate surface area is 172 Å². The lowest BCUT2D eigenvalue weighted by atomic mass is 10.2. The van der Waals surface area contributed by atoms with Crippen LogP contribution in [0.2, 0.25) is 5.02 Å². The largest absolute Gasteiger partial charge is 0.493 e. The van der Waals surface area contributed by atoms with Crippen molar-refractivity contribution in [2.24, 2.45) is 5.73 Å². The van der Waals surface area contributed by atoms with Crippen molar-refractivity contribution in [3.8, 4) is 11.5 Å². The van der Waals surface area contributed by atoms with Gasteiger partial charge in [-0.05, 0) is 50.2 Å². The highest BCUT2D eigenvalue weighted by Gasteiger charge is 2.22. The van der Waals surface area contributed by atoms with E-state index in [1.165, 1.54) is 50.4 Å². The van der Waals surface area contributed by atoms with Gasteiger partial charge in [0.1, 0.15) is 0 Å². The molecule has 3 N–H and O–H groups in total. The van der Waals surface area contributed by atoms with Gasteiger partial charge in [-0.25, -0.2) is 4.79 Å². The van der Waals surface area contributed by atoms with Gasteiger partial charge in [0.2, 0.25) is 5.91 Å². The van der Waals surface area contributed by atoms with Crippen molar-refractivity contribution in [1.82, 2.24) is 0 Å². The molecule has 2 aromatic carbocycles. The maximum absolute atomic E-state index is 12.4. The van der Waals surface area contributed by atoms with E-state index < -0.39 is 23.9 Å². The summed E-state index contributed by atoms with van der Waals surface area (Å²) in [5, 5.41) is 2.77. The van der Waals surface area contributed by atoms with Gasteiger partial charge in [-0.1, -0.05) is 11.6 Å². The van der Waals surface area contributed by atoms with Crippen LogP contribution in [-0.4, -0.2) is 37.6 Å². The Bertz CT molecular complexity index is 914. The van der Waals surface area contributed by atoms with Crippen molar-refractivity contribution < 1.29 is 28.6 Å². The SMILES string of the molecule is CCOc1c(Cl)cc(C(=O)O[C@@H](C)C(=O)Nc2ccc(C(N)=O)cc2)cc1OC. The van der Waals surface area contributed by atoms with Crippen LogP contribution in [0.15, 0.2) is 36.4 Å². The van der Waals surface area contributed by atoms with Crippen LogP contribution in [0.25, 0.3) is 0 Å². The number of carbonyl (C=O) groups is 3. The molecule has 2 rings (SSSR count). The maximum atomic E-state index is 12.4. The molecule has 9 heteroatoms. The van der Waals surface area contributed by atoms with E-state index in [1.807, 2.05) is 0 Å². The fourth-order valence-corrected chi connectivity index (χ4v) is 2.63. The Balaban J connectivity index is 2.06. The maximum Gasteiger partial charge on any atom is 0.339 e. The molecule has 0 aliphatic heterocycles. The van der Waals surface area contributed by atoms with Gasteiger partial charge in [0, 0.05) is 11.3 Å². The van der Waals surface area contributed by atoms with Crippen molar-refractivity contribution in [3.63, 3.8) is 0 Å². The Morgan fingerprint density at radius 2 is 1.79 bits per heavy atom. The summed E-state index contributed by atoms with van der Waals surface area (Å²) in [6, 6.07) is 8.79. The number of carbonyl (C=O) groups excluding carboxylic acids is 3. The van der Waals surface area contributed by atoms with Crippen molar-refractivity contribution in [2.75, 3.05) is 19.0 Å². The number of hydrogen-bond acceptors (Lipinski definition) is 6. The fourth-order valence-electron chi connectivity index (χ4n) is 2.37. The zero-order chi connectivity index (χ0) is 21.6. The van der Waals surface area contributed by atoms with Crippen LogP contribution in [-0.2, 0) is 9.53 Å². The molecule has 0 aromatic heterocycles. The zero-order valence-corrected chi connectivity index (χ0v) is 16.9. The summed E-state index contributed by atoms with van der Waals surface area (Å²) in [5.41, 5.74) is 6.02. The minimum absolute atomic E-state index is 0.112. The molecule has 29 heavy (non-hydrogen) atoms. The highest BCUT2D eigenvalue weighted by atomic mass is 35.5. The molecule has 0 fully saturated rings. The number of halogens is 1. The number of amides is 2. The number of rotatable bonds is 8. The Morgan fingerprint density at radius 1 is 1.14 bits per heavy atom. The molecule has 0 saturated heterocycles. The van der Waals surface area contributed by atoms with Crippen molar-refractivity contribution >= 4 is 35.1 Å². The summed E-state index contributed by atoms with van der Waals surface area (Å²) < 4.78 is 15.8. The van der Waals surface area contributed by atoms with E-state index in [9.17, 15) is 14.4 Å². The summed E-state index contributed by atoms with van der Waals surface area (Å²) in [4.78, 5) is 35.8. The molecule has 0 spiro atoms. The molecular formula is C20H21ClN2O6. The van der Waals surface area contributed by atoms with Crippen LogP contribution < -0.4 is 20.5 Å². The van der Waals surface area contributed by atoms with Gasteiger partial charge in [0.05, 0.1) is 24.3 Å². The Kier molecular flexibility index (Phi) is 7.44. The third-order valence-corrected chi connectivity index (χ3v) is 4.12. The minimum atomic E-state index is -1.09. The number of anilines is 1. The van der Waals surface area contributed by atoms with Gasteiger partial charge >= 0.3 is 5.97 Å². The molecule has 0 aliphatic rings. The van der Waals surface area contributed by atoms with E-state index >= 15 is 0 Å². The predicted octanol–water partition coefficient (Wildman–Crippen LogP) is 3.03. The summed E-state index contributed by atoms with van der Waals surface area (Å²) >= 11 is 6.15. The number of ether oxygens (including phenoxy) is 3. The van der Waals surface area contributed by atoms with Crippen LogP contribution in [0, 0.1) is 0 Å². The van der Waals surface area contributed by atoms with E-state index in [2.05, 4.69) is 5.32 Å². The zero-order valence-electron chi connectivity index (χ0n) is 16.2. The fraction of sp³-hybridized carbons (Fsp3) is 0.250. The summed E-state index contributed by atoms with van der Waals surface area (Å²) in [7, 11) is 1.42. The summed E-state index contributed by atoms with van der Waals surface area (Å²) in [6.07, 6.45) is -1.09. The highest BCUT2D eigenvalue weighted by Crippen LogP contribution is 2.36. The minimum Gasteiger partial charge on any atom is -0.493 e. The monoisotopic (exact) mass is 420 g/mol. The quantitative estimate of drug-likeness (QED) is 0.634. The number of hydrogen-bond donors (Lipinski definition) is 2. The molecule has 0 heterocycles. The lowest BCUT2D eigenvalue weighted by Gasteiger charge is -2.15. The Hall–Kier alpha value is -3.26. The Morgan fingerprint density at radius 3 is 2.34 bits per heavy atom. The van der Waals surface area contributed by atoms with E-state index in [0.717, 1.165) is 0 Å². The van der Waals surface area contributed by atoms with Crippen LogP contribution in [0.1, 0.15) is 34.6 Å². The molecule has 2 aromatic rings. The number of primary amides is 1. The van der Waals surface area contributed by atoms with Gasteiger partial charge in [0.15, 0.2) is 17.6 Å². The van der Waals surface area contributed by atoms with E-state index in [0.29, 0.717) is 23.6 Å². The van der Waals surface area contributed by atoms with Gasteiger partial charge < -0.3 is 25.3 Å². The van der Waals surface area contributed by atoms with E-state index in [4.69, 9.17) is 31.5 Å². The second-order valence-corrected chi connectivity index (χ2v) is 6.31. The second-order valence-electron chi connectivity index (χ2n) is 5.90. The number of nitrogens with one attached hydrogen (secondary N) is 1. The van der Waals surface area contributed by atoms with Gasteiger partial charge in [-0.2, -0.15) is 0 Å². The first kappa shape index (κ1) is 22.0. The molecular weight excluding hydrogens is 400 g/mol. The van der Waals surface area contributed by atoms with Crippen molar-refractivity contribution in [3.05, 3.63) is 52.5 Å². The smallest absolute Gasteiger partial charge is 0.339 e. The lowest BCUT2D eigenvalue weighted by molar-refractivity contribution is -0.123. The standard InChI is InChI=1S/C20H21ClN2O6/c1-4-28-17-15(21)9-13(10-16(17)27-3)20(26)29-11(2)19(25)23-14-7-5-12(6-8-14)18(22)24/h5-11H,4H2,1-3H3,(H2,22,24)(H,23,25)/t11-/m0/s1. The predicted molar refractivity (Wildman–Crippen MR) is 108 cm³/mol. The number of methoxy groups -OCH3 is 1. The van der Waals surface area contributed by atoms with Gasteiger partial charge in [-0.15, -0.1) is 0 Å². The molecule has 0 aliphatic carbocycles. The highest BCUT2D eigenvalue weighted by molar-refractivity contribution is 6.32.